The summed E-state index contributed by atoms with van der Waals surface area (Å²) >= 11 is 0. The van der Waals surface area contributed by atoms with E-state index in [1.54, 1.807) is 79.9 Å². The molecule has 7 aromatic carbocycles. The van der Waals surface area contributed by atoms with Gasteiger partial charge in [-0.05, 0) is 63.4 Å². The maximum absolute atomic E-state index is 11.5. The highest BCUT2D eigenvalue weighted by Gasteiger charge is 2.35. The molecule has 0 spiro atoms. The molecule has 7 rings (SSSR count). The maximum atomic E-state index is 11.5. The molecule has 0 radical (unpaired) electrons. The van der Waals surface area contributed by atoms with Crippen molar-refractivity contribution in [3.8, 4) is 85.1 Å². The van der Waals surface area contributed by atoms with Crippen LogP contribution in [0.4, 0.5) is 17.1 Å². The molecule has 51 heavy (non-hydrogen) atoms. The highest BCUT2D eigenvalue weighted by molar-refractivity contribution is 6.01. The van der Waals surface area contributed by atoms with E-state index in [-0.39, 0.29) is 27.9 Å². The third kappa shape index (κ3) is 5.41. The molecule has 0 amide bonds. The first-order chi connectivity index (χ1) is 24.6. The zero-order valence-corrected chi connectivity index (χ0v) is 27.0. The topological polar surface area (TPSA) is 174 Å². The monoisotopic (exact) mass is 681 g/mol. The van der Waals surface area contributed by atoms with E-state index < -0.39 is 57.4 Å². The van der Waals surface area contributed by atoms with Gasteiger partial charge >= 0.3 is 0 Å². The summed E-state index contributed by atoms with van der Waals surface area (Å²) in [5, 5.41) is 92.7. The molecule has 0 aliphatic heterocycles. The van der Waals surface area contributed by atoms with Crippen molar-refractivity contribution in [3.05, 3.63) is 121 Å². The summed E-state index contributed by atoms with van der Waals surface area (Å²) in [6.07, 6.45) is 0. The number of ether oxygens (including phenoxy) is 1. The van der Waals surface area contributed by atoms with Gasteiger partial charge in [0.25, 0.3) is 0 Å². The minimum absolute atomic E-state index is 0.0772. The molecule has 7 aromatic rings. The van der Waals surface area contributed by atoms with Crippen molar-refractivity contribution < 1.29 is 45.6 Å². The molecule has 0 saturated heterocycles. The summed E-state index contributed by atoms with van der Waals surface area (Å²) in [5.41, 5.74) is 0.542. The number of fused-ring (bicyclic) bond motifs is 1. The van der Waals surface area contributed by atoms with E-state index in [0.717, 1.165) is 21.4 Å². The number of hydrogen-bond donors (Lipinski definition) is 8. The van der Waals surface area contributed by atoms with Gasteiger partial charge in [0.2, 0.25) is 0 Å². The fraction of sp³-hybridized carbons (Fsp3) is 0.0244. The van der Waals surface area contributed by atoms with Crippen molar-refractivity contribution >= 4 is 27.8 Å². The van der Waals surface area contributed by atoms with Gasteiger partial charge in [0, 0.05) is 5.69 Å². The molecule has 0 aliphatic carbocycles. The van der Waals surface area contributed by atoms with Crippen LogP contribution >= 0.6 is 0 Å². The van der Waals surface area contributed by atoms with E-state index in [4.69, 9.17) is 4.74 Å². The minimum atomic E-state index is -0.941. The Morgan fingerprint density at radius 1 is 0.392 bits per heavy atom. The standard InChI is InChI=1S/C41H31NO9/c1-51-29-18-15-22(16-19-29)25-12-13-27-21-28(17-14-26(27)20-25)42(32-38(47)34(43)30(35(44)39(32)48)23-8-4-2-5-9-23)33-40(49)36(45)31(37(46)41(33)50)24-10-6-3-7-11-24/h2-21,43-50H,1H3. The van der Waals surface area contributed by atoms with E-state index >= 15 is 0 Å². The van der Waals surface area contributed by atoms with Crippen molar-refractivity contribution in [3.63, 3.8) is 0 Å². The van der Waals surface area contributed by atoms with Crippen LogP contribution in [0.15, 0.2) is 121 Å². The molecule has 0 heterocycles. The highest BCUT2D eigenvalue weighted by Crippen LogP contribution is 2.63. The van der Waals surface area contributed by atoms with Gasteiger partial charge < -0.3 is 45.6 Å². The van der Waals surface area contributed by atoms with E-state index in [1.807, 2.05) is 42.5 Å². The number of rotatable bonds is 7. The number of benzene rings is 7. The van der Waals surface area contributed by atoms with Gasteiger partial charge in [-0.15, -0.1) is 0 Å². The summed E-state index contributed by atoms with van der Waals surface area (Å²) in [6, 6.07) is 34.1. The SMILES string of the molecule is COc1ccc(-c2ccc3cc(N(c4c(O)c(O)c(-c5ccccc5)c(O)c4O)c4c(O)c(O)c(-c5ccccc5)c(O)c4O)ccc3c2)cc1. The van der Waals surface area contributed by atoms with Gasteiger partial charge in [0.1, 0.15) is 17.1 Å². The fourth-order valence-corrected chi connectivity index (χ4v) is 6.26. The van der Waals surface area contributed by atoms with Gasteiger partial charge in [0.05, 0.1) is 18.2 Å². The lowest BCUT2D eigenvalue weighted by atomic mass is 9.97. The van der Waals surface area contributed by atoms with Crippen LogP contribution in [0.2, 0.25) is 0 Å². The highest BCUT2D eigenvalue weighted by atomic mass is 16.5. The van der Waals surface area contributed by atoms with Gasteiger partial charge in [0.15, 0.2) is 46.0 Å². The van der Waals surface area contributed by atoms with Crippen LogP contribution in [0.25, 0.3) is 44.2 Å². The molecular weight excluding hydrogens is 650 g/mol. The fourth-order valence-electron chi connectivity index (χ4n) is 6.26. The average molecular weight is 682 g/mol. The maximum Gasteiger partial charge on any atom is 0.186 e. The summed E-state index contributed by atoms with van der Waals surface area (Å²) in [5.74, 6) is -6.35. The van der Waals surface area contributed by atoms with Crippen LogP contribution in [0.5, 0.6) is 51.7 Å². The number of phenolic OH excluding ortho intramolecular Hbond substituents is 8. The van der Waals surface area contributed by atoms with E-state index in [0.29, 0.717) is 11.1 Å². The Labute approximate surface area is 291 Å². The minimum Gasteiger partial charge on any atom is -0.504 e. The van der Waals surface area contributed by atoms with Gasteiger partial charge in [-0.1, -0.05) is 91.0 Å². The lowest BCUT2D eigenvalue weighted by Gasteiger charge is -2.30. The van der Waals surface area contributed by atoms with Crippen LogP contribution in [0.3, 0.4) is 0 Å². The van der Waals surface area contributed by atoms with Crippen LogP contribution in [0.1, 0.15) is 0 Å². The Bertz CT molecular complexity index is 2270. The molecule has 0 atom stereocenters. The molecule has 0 saturated carbocycles. The van der Waals surface area contributed by atoms with E-state index in [2.05, 4.69) is 0 Å². The van der Waals surface area contributed by atoms with Gasteiger partial charge in [-0.2, -0.15) is 0 Å². The summed E-state index contributed by atoms with van der Waals surface area (Å²) < 4.78 is 5.27. The summed E-state index contributed by atoms with van der Waals surface area (Å²) in [4.78, 5) is 0.925. The first kappa shape index (κ1) is 32.4. The molecular formula is C41H31NO9. The number of aromatic hydroxyl groups is 8. The molecule has 0 unspecified atom stereocenters. The predicted octanol–water partition coefficient (Wildman–Crippen LogP) is 8.96. The Morgan fingerprint density at radius 3 is 1.25 bits per heavy atom. The molecule has 0 aromatic heterocycles. The lowest BCUT2D eigenvalue weighted by molar-refractivity contribution is 0.372. The molecule has 10 nitrogen and oxygen atoms in total. The predicted molar refractivity (Wildman–Crippen MR) is 195 cm³/mol. The smallest absolute Gasteiger partial charge is 0.186 e. The second kappa shape index (κ2) is 12.7. The van der Waals surface area contributed by atoms with Gasteiger partial charge in [-0.3, -0.25) is 4.90 Å². The number of anilines is 3. The molecule has 10 heteroatoms. The zero-order valence-electron chi connectivity index (χ0n) is 27.0. The third-order valence-corrected chi connectivity index (χ3v) is 8.82. The van der Waals surface area contributed by atoms with Crippen molar-refractivity contribution in [2.45, 2.75) is 0 Å². The Kier molecular flexibility index (Phi) is 8.04. The molecule has 0 fully saturated rings. The molecule has 0 bridgehead atoms. The van der Waals surface area contributed by atoms with Crippen molar-refractivity contribution in [1.29, 1.82) is 0 Å². The largest absolute Gasteiger partial charge is 0.504 e. The first-order valence-electron chi connectivity index (χ1n) is 15.7. The summed E-state index contributed by atoms with van der Waals surface area (Å²) in [6.45, 7) is 0. The third-order valence-electron chi connectivity index (χ3n) is 8.82. The second-order valence-electron chi connectivity index (χ2n) is 11.8. The number of nitrogens with zero attached hydrogens (tertiary/aromatic N) is 1. The van der Waals surface area contributed by atoms with Gasteiger partial charge in [-0.25, -0.2) is 0 Å². The molecule has 8 N–H and O–H groups in total. The van der Waals surface area contributed by atoms with Crippen LogP contribution < -0.4 is 9.64 Å². The number of phenols is 8. The average Bonchev–Trinajstić information content (AvgIpc) is 3.16. The number of hydrogen-bond acceptors (Lipinski definition) is 10. The Balaban J connectivity index is 1.48. The first-order valence-corrected chi connectivity index (χ1v) is 15.7. The molecule has 0 aliphatic rings. The van der Waals surface area contributed by atoms with E-state index in [9.17, 15) is 40.9 Å². The zero-order chi connectivity index (χ0) is 36.0. The second-order valence-corrected chi connectivity index (χ2v) is 11.8. The Hall–Kier alpha value is -7.20. The Morgan fingerprint density at radius 2 is 0.804 bits per heavy atom. The quantitative estimate of drug-likeness (QED) is 0.0599. The number of methoxy groups -OCH3 is 1. The normalized spacial score (nSPS) is 11.1. The van der Waals surface area contributed by atoms with Crippen LogP contribution in [0, 0.1) is 0 Å². The van der Waals surface area contributed by atoms with Crippen LogP contribution in [-0.4, -0.2) is 48.0 Å². The lowest BCUT2D eigenvalue weighted by Crippen LogP contribution is -2.12. The van der Waals surface area contributed by atoms with Crippen molar-refractivity contribution in [1.82, 2.24) is 0 Å². The van der Waals surface area contributed by atoms with Crippen molar-refractivity contribution in [2.24, 2.45) is 0 Å². The molecule has 254 valence electrons. The van der Waals surface area contributed by atoms with E-state index in [1.165, 1.54) is 6.07 Å². The van der Waals surface area contributed by atoms with Crippen molar-refractivity contribution in [2.75, 3.05) is 12.0 Å². The summed E-state index contributed by atoms with van der Waals surface area (Å²) in [7, 11) is 1.59. The van der Waals surface area contributed by atoms with Crippen LogP contribution in [-0.2, 0) is 0 Å².